The summed E-state index contributed by atoms with van der Waals surface area (Å²) in [6.07, 6.45) is 5.71. The number of benzene rings is 1. The molecular formula is C14H18O. The van der Waals surface area contributed by atoms with Crippen LogP contribution in [0.15, 0.2) is 36.9 Å². The second-order valence-corrected chi connectivity index (χ2v) is 4.20. The van der Waals surface area contributed by atoms with E-state index in [0.29, 0.717) is 6.10 Å². The fourth-order valence-corrected chi connectivity index (χ4v) is 2.23. The first-order valence-electron chi connectivity index (χ1n) is 5.65. The molecule has 80 valence electrons. The molecule has 0 radical (unpaired) electrons. The molecule has 1 nitrogen and oxygen atoms in total. The zero-order valence-corrected chi connectivity index (χ0v) is 9.28. The van der Waals surface area contributed by atoms with Crippen LogP contribution in [0.4, 0.5) is 0 Å². The Morgan fingerprint density at radius 3 is 3.13 bits per heavy atom. The number of rotatable bonds is 4. The summed E-state index contributed by atoms with van der Waals surface area (Å²) >= 11 is 0. The average molecular weight is 202 g/mol. The third-order valence-electron chi connectivity index (χ3n) is 2.97. The van der Waals surface area contributed by atoms with Crippen molar-refractivity contribution in [1.82, 2.24) is 0 Å². The maximum atomic E-state index is 6.01. The summed E-state index contributed by atoms with van der Waals surface area (Å²) in [6.45, 7) is 5.85. The van der Waals surface area contributed by atoms with Gasteiger partial charge in [0.25, 0.3) is 0 Å². The summed E-state index contributed by atoms with van der Waals surface area (Å²) in [5, 5.41) is 0. The number of fused-ring (bicyclic) bond motifs is 1. The minimum absolute atomic E-state index is 0.277. The zero-order valence-electron chi connectivity index (χ0n) is 9.28. The van der Waals surface area contributed by atoms with Gasteiger partial charge in [-0.3, -0.25) is 0 Å². The Hall–Kier alpha value is -1.08. The van der Waals surface area contributed by atoms with Crippen molar-refractivity contribution in [3.63, 3.8) is 0 Å². The van der Waals surface area contributed by atoms with Gasteiger partial charge in [0.2, 0.25) is 0 Å². The molecule has 0 heterocycles. The van der Waals surface area contributed by atoms with Crippen LogP contribution in [0, 0.1) is 0 Å². The molecule has 1 heteroatoms. The molecule has 0 bridgehead atoms. The topological polar surface area (TPSA) is 9.23 Å². The van der Waals surface area contributed by atoms with Crippen molar-refractivity contribution < 1.29 is 4.74 Å². The van der Waals surface area contributed by atoms with Crippen LogP contribution in [-0.2, 0) is 11.2 Å². The van der Waals surface area contributed by atoms with E-state index in [1.54, 1.807) is 0 Å². The molecule has 2 atom stereocenters. The lowest BCUT2D eigenvalue weighted by Gasteiger charge is -2.18. The van der Waals surface area contributed by atoms with Crippen molar-refractivity contribution in [3.05, 3.63) is 48.0 Å². The van der Waals surface area contributed by atoms with E-state index in [2.05, 4.69) is 37.8 Å². The molecule has 0 aromatic heterocycles. The number of hydrogen-bond acceptors (Lipinski definition) is 1. The predicted octanol–water partition coefficient (Wildman–Crippen LogP) is 3.66. The quantitative estimate of drug-likeness (QED) is 0.677. The van der Waals surface area contributed by atoms with Gasteiger partial charge in [-0.25, -0.2) is 0 Å². The molecule has 2 rings (SSSR count). The van der Waals surface area contributed by atoms with Crippen LogP contribution < -0.4 is 0 Å². The maximum absolute atomic E-state index is 6.01. The third-order valence-corrected chi connectivity index (χ3v) is 2.97. The van der Waals surface area contributed by atoms with Gasteiger partial charge in [-0.1, -0.05) is 30.3 Å². The van der Waals surface area contributed by atoms with E-state index < -0.39 is 0 Å². The lowest BCUT2D eigenvalue weighted by molar-refractivity contribution is -0.000407. The minimum atomic E-state index is 0.277. The van der Waals surface area contributed by atoms with Gasteiger partial charge < -0.3 is 4.74 Å². The Bertz CT molecular complexity index is 343. The Balaban J connectivity index is 2.04. The molecule has 2 unspecified atom stereocenters. The van der Waals surface area contributed by atoms with Crippen LogP contribution in [0.5, 0.6) is 0 Å². The fraction of sp³-hybridized carbons (Fsp3) is 0.429. The summed E-state index contributed by atoms with van der Waals surface area (Å²) in [5.41, 5.74) is 2.83. The SMILES string of the molecule is C=CCC(C)OC1CCc2ccccc21. The molecule has 1 aromatic carbocycles. The Morgan fingerprint density at radius 2 is 2.33 bits per heavy atom. The number of hydrogen-bond donors (Lipinski definition) is 0. The van der Waals surface area contributed by atoms with Gasteiger partial charge in [-0.2, -0.15) is 0 Å². The highest BCUT2D eigenvalue weighted by Gasteiger charge is 2.23. The lowest BCUT2D eigenvalue weighted by Crippen LogP contribution is -2.10. The van der Waals surface area contributed by atoms with Crippen molar-refractivity contribution >= 4 is 0 Å². The molecule has 15 heavy (non-hydrogen) atoms. The molecule has 1 aliphatic carbocycles. The van der Waals surface area contributed by atoms with E-state index in [-0.39, 0.29) is 6.10 Å². The van der Waals surface area contributed by atoms with Crippen molar-refractivity contribution in [3.8, 4) is 0 Å². The van der Waals surface area contributed by atoms with Gasteiger partial charge in [0, 0.05) is 0 Å². The van der Waals surface area contributed by atoms with Crippen LogP contribution in [0.3, 0.4) is 0 Å². The Labute approximate surface area is 91.8 Å². The maximum Gasteiger partial charge on any atom is 0.0834 e. The highest BCUT2D eigenvalue weighted by atomic mass is 16.5. The van der Waals surface area contributed by atoms with E-state index in [9.17, 15) is 0 Å². The molecule has 1 aliphatic rings. The predicted molar refractivity (Wildman–Crippen MR) is 62.9 cm³/mol. The summed E-state index contributed by atoms with van der Waals surface area (Å²) in [7, 11) is 0. The van der Waals surface area contributed by atoms with Crippen molar-refractivity contribution in [1.29, 1.82) is 0 Å². The molecule has 0 fully saturated rings. The van der Waals surface area contributed by atoms with Gasteiger partial charge in [0.15, 0.2) is 0 Å². The standard InChI is InChI=1S/C14H18O/c1-3-6-11(2)15-14-10-9-12-7-4-5-8-13(12)14/h3-5,7-8,11,14H,1,6,9-10H2,2H3. The largest absolute Gasteiger partial charge is 0.370 e. The zero-order chi connectivity index (χ0) is 10.7. The molecule has 1 aromatic rings. The van der Waals surface area contributed by atoms with Crippen molar-refractivity contribution in [2.45, 2.75) is 38.4 Å². The fourth-order valence-electron chi connectivity index (χ4n) is 2.23. The molecule has 0 N–H and O–H groups in total. The Kier molecular flexibility index (Phi) is 3.22. The summed E-state index contributed by atoms with van der Waals surface area (Å²) in [4.78, 5) is 0. The molecular weight excluding hydrogens is 184 g/mol. The highest BCUT2D eigenvalue weighted by Crippen LogP contribution is 2.34. The molecule has 0 amide bonds. The van der Waals surface area contributed by atoms with Gasteiger partial charge in [0.1, 0.15) is 0 Å². The van der Waals surface area contributed by atoms with E-state index in [1.165, 1.54) is 11.1 Å². The summed E-state index contributed by atoms with van der Waals surface area (Å²) in [5.74, 6) is 0. The van der Waals surface area contributed by atoms with Crippen LogP contribution in [0.25, 0.3) is 0 Å². The summed E-state index contributed by atoms with van der Waals surface area (Å²) < 4.78 is 6.01. The summed E-state index contributed by atoms with van der Waals surface area (Å²) in [6, 6.07) is 8.59. The Morgan fingerprint density at radius 1 is 1.53 bits per heavy atom. The lowest BCUT2D eigenvalue weighted by atomic mass is 10.1. The van der Waals surface area contributed by atoms with Crippen LogP contribution in [0.1, 0.15) is 37.0 Å². The second-order valence-electron chi connectivity index (χ2n) is 4.20. The molecule has 0 saturated carbocycles. The van der Waals surface area contributed by atoms with E-state index in [0.717, 1.165) is 19.3 Å². The molecule has 0 aliphatic heterocycles. The van der Waals surface area contributed by atoms with Crippen LogP contribution in [0.2, 0.25) is 0 Å². The highest BCUT2D eigenvalue weighted by molar-refractivity contribution is 5.33. The second kappa shape index (κ2) is 4.63. The van der Waals surface area contributed by atoms with Gasteiger partial charge >= 0.3 is 0 Å². The third kappa shape index (κ3) is 2.29. The van der Waals surface area contributed by atoms with E-state index in [4.69, 9.17) is 4.74 Å². The van der Waals surface area contributed by atoms with Gasteiger partial charge in [-0.05, 0) is 37.3 Å². The smallest absolute Gasteiger partial charge is 0.0834 e. The van der Waals surface area contributed by atoms with E-state index in [1.807, 2.05) is 6.08 Å². The monoisotopic (exact) mass is 202 g/mol. The first-order valence-corrected chi connectivity index (χ1v) is 5.65. The number of ether oxygens (including phenoxy) is 1. The van der Waals surface area contributed by atoms with Gasteiger partial charge in [0.05, 0.1) is 12.2 Å². The normalized spacial score (nSPS) is 21.0. The molecule has 0 spiro atoms. The van der Waals surface area contributed by atoms with Crippen molar-refractivity contribution in [2.75, 3.05) is 0 Å². The van der Waals surface area contributed by atoms with Crippen LogP contribution >= 0.6 is 0 Å². The van der Waals surface area contributed by atoms with Gasteiger partial charge in [-0.15, -0.1) is 6.58 Å². The van der Waals surface area contributed by atoms with Crippen LogP contribution in [-0.4, -0.2) is 6.10 Å². The average Bonchev–Trinajstić information content (AvgIpc) is 2.62. The first kappa shape index (κ1) is 10.4. The van der Waals surface area contributed by atoms with E-state index >= 15 is 0 Å². The minimum Gasteiger partial charge on any atom is -0.370 e. The van der Waals surface area contributed by atoms with Crippen molar-refractivity contribution in [2.24, 2.45) is 0 Å². The first-order chi connectivity index (χ1) is 7.31. The number of aryl methyl sites for hydroxylation is 1. The molecule has 0 saturated heterocycles.